The monoisotopic (exact) mass is 460 g/mol. The van der Waals surface area contributed by atoms with E-state index < -0.39 is 0 Å². The summed E-state index contributed by atoms with van der Waals surface area (Å²) in [5, 5.41) is 0. The number of hydrogen-bond donors (Lipinski definition) is 0. The molecule has 0 aromatic carbocycles. The molecule has 0 spiro atoms. The molecule has 2 unspecified atom stereocenters. The molecule has 0 heterocycles. The van der Waals surface area contributed by atoms with E-state index in [1.54, 1.807) is 69.6 Å². The van der Waals surface area contributed by atoms with Crippen molar-refractivity contribution in [1.29, 1.82) is 0 Å². The highest BCUT2D eigenvalue weighted by atomic mass is 79.9. The quantitative estimate of drug-likeness (QED) is 0.324. The third kappa shape index (κ3) is 7.49. The van der Waals surface area contributed by atoms with Gasteiger partial charge < -0.3 is 0 Å². The zero-order chi connectivity index (χ0) is 13.5. The Bertz CT molecular complexity index is 215. The SMILES string of the molecule is Br.Br.CCCP(CP(CCC)C1CCCC1)C1CCCC1. The second-order valence-corrected chi connectivity index (χ2v) is 12.5. The van der Waals surface area contributed by atoms with Gasteiger partial charge in [-0.1, -0.05) is 68.2 Å². The van der Waals surface area contributed by atoms with E-state index in [4.69, 9.17) is 0 Å². The van der Waals surface area contributed by atoms with Gasteiger partial charge >= 0.3 is 0 Å². The first-order chi connectivity index (χ1) is 9.35. The molecule has 4 heteroatoms. The third-order valence-electron chi connectivity index (χ3n) is 5.07. The van der Waals surface area contributed by atoms with Crippen LogP contribution in [0.2, 0.25) is 0 Å². The van der Waals surface area contributed by atoms with Crippen LogP contribution in [0.1, 0.15) is 78.1 Å². The summed E-state index contributed by atoms with van der Waals surface area (Å²) in [7, 11) is 0.800. The molecule has 2 fully saturated rings. The van der Waals surface area contributed by atoms with Crippen molar-refractivity contribution < 1.29 is 0 Å². The molecule has 2 saturated carbocycles. The summed E-state index contributed by atoms with van der Waals surface area (Å²) in [6, 6.07) is 0. The molecule has 0 saturated heterocycles. The predicted molar refractivity (Wildman–Crippen MR) is 114 cm³/mol. The fourth-order valence-electron chi connectivity index (χ4n) is 4.08. The Morgan fingerprint density at radius 2 is 1.00 bits per heavy atom. The summed E-state index contributed by atoms with van der Waals surface area (Å²) in [6.45, 7) is 4.84. The largest absolute Gasteiger partial charge is 0.114 e. The van der Waals surface area contributed by atoms with Gasteiger partial charge in [-0.2, -0.15) is 0 Å². The van der Waals surface area contributed by atoms with Gasteiger partial charge in [0.15, 0.2) is 0 Å². The van der Waals surface area contributed by atoms with Crippen molar-refractivity contribution in [1.82, 2.24) is 0 Å². The standard InChI is InChI=1S/C17H34P2.2BrH/c1-3-13-18(16-9-5-6-10-16)15-19(14-4-2)17-11-7-8-12-17;;/h16-17H,3-15H2,1-2H3;2*1H. The normalized spacial score (nSPS) is 22.6. The van der Waals surface area contributed by atoms with Crippen LogP contribution in [-0.4, -0.2) is 29.5 Å². The van der Waals surface area contributed by atoms with E-state index in [1.165, 1.54) is 24.2 Å². The van der Waals surface area contributed by atoms with Crippen LogP contribution in [-0.2, 0) is 0 Å². The average Bonchev–Trinajstić information content (AvgIpc) is 3.10. The van der Waals surface area contributed by atoms with Crippen LogP contribution in [0.15, 0.2) is 0 Å². The highest BCUT2D eigenvalue weighted by Gasteiger charge is 2.30. The summed E-state index contributed by atoms with van der Waals surface area (Å²) < 4.78 is 0. The molecule has 0 nitrogen and oxygen atoms in total. The van der Waals surface area contributed by atoms with Gasteiger partial charge in [-0.25, -0.2) is 0 Å². The van der Waals surface area contributed by atoms with Crippen molar-refractivity contribution >= 4 is 49.8 Å². The summed E-state index contributed by atoms with van der Waals surface area (Å²) in [5.74, 6) is 1.71. The predicted octanol–water partition coefficient (Wildman–Crippen LogP) is 7.77. The summed E-state index contributed by atoms with van der Waals surface area (Å²) in [4.78, 5) is 0. The molecule has 21 heavy (non-hydrogen) atoms. The molecule has 2 rings (SSSR count). The molecule has 0 aliphatic heterocycles. The van der Waals surface area contributed by atoms with Crippen LogP contribution >= 0.6 is 49.8 Å². The number of hydrogen-bond acceptors (Lipinski definition) is 0. The summed E-state index contributed by atoms with van der Waals surface area (Å²) in [5.41, 5.74) is 2.36. The van der Waals surface area contributed by atoms with Gasteiger partial charge in [0.05, 0.1) is 0 Å². The van der Waals surface area contributed by atoms with Crippen LogP contribution in [0.25, 0.3) is 0 Å². The van der Waals surface area contributed by atoms with Gasteiger partial charge in [0.2, 0.25) is 0 Å². The molecular formula is C17H36Br2P2. The van der Waals surface area contributed by atoms with E-state index >= 15 is 0 Å². The lowest BCUT2D eigenvalue weighted by atomic mass is 10.4. The van der Waals surface area contributed by atoms with Crippen molar-refractivity contribution in [2.75, 3.05) is 18.2 Å². The molecule has 0 amide bonds. The highest BCUT2D eigenvalue weighted by Crippen LogP contribution is 2.61. The minimum absolute atomic E-state index is 0. The van der Waals surface area contributed by atoms with Crippen LogP contribution in [0, 0.1) is 0 Å². The summed E-state index contributed by atoms with van der Waals surface area (Å²) in [6.07, 6.45) is 18.6. The fraction of sp³-hybridized carbons (Fsp3) is 1.00. The molecule has 2 aliphatic carbocycles. The number of halogens is 2. The minimum Gasteiger partial charge on any atom is -0.114 e. The van der Waals surface area contributed by atoms with Crippen LogP contribution in [0.4, 0.5) is 0 Å². The van der Waals surface area contributed by atoms with Crippen molar-refractivity contribution in [3.63, 3.8) is 0 Å². The maximum Gasteiger partial charge on any atom is -0.0116 e. The van der Waals surface area contributed by atoms with E-state index in [0.29, 0.717) is 15.8 Å². The highest BCUT2D eigenvalue weighted by molar-refractivity contribution is 8.93. The smallest absolute Gasteiger partial charge is 0.0116 e. The third-order valence-corrected chi connectivity index (χ3v) is 13.1. The van der Waals surface area contributed by atoms with Crippen molar-refractivity contribution in [2.24, 2.45) is 0 Å². The summed E-state index contributed by atoms with van der Waals surface area (Å²) >= 11 is 0. The van der Waals surface area contributed by atoms with E-state index in [2.05, 4.69) is 13.8 Å². The molecule has 2 atom stereocenters. The topological polar surface area (TPSA) is 0 Å². The Hall–Kier alpha value is 1.82. The molecule has 0 aromatic heterocycles. The molecule has 0 bridgehead atoms. The van der Waals surface area contributed by atoms with Gasteiger partial charge in [0.1, 0.15) is 0 Å². The Kier molecular flexibility index (Phi) is 14.3. The van der Waals surface area contributed by atoms with Crippen LogP contribution < -0.4 is 0 Å². The lowest BCUT2D eigenvalue weighted by Gasteiger charge is -2.32. The Morgan fingerprint density at radius 3 is 1.29 bits per heavy atom. The van der Waals surface area contributed by atoms with Crippen molar-refractivity contribution in [2.45, 2.75) is 89.4 Å². The molecule has 2 aliphatic rings. The number of rotatable bonds is 8. The Balaban J connectivity index is 0.00000200. The zero-order valence-corrected chi connectivity index (χ0v) is 19.3. The maximum atomic E-state index is 2.42. The molecule has 0 aromatic rings. The van der Waals surface area contributed by atoms with E-state index in [1.807, 2.05) is 0 Å². The Morgan fingerprint density at radius 1 is 0.667 bits per heavy atom. The molecule has 0 radical (unpaired) electrons. The van der Waals surface area contributed by atoms with Gasteiger partial charge in [-0.15, -0.1) is 34.0 Å². The van der Waals surface area contributed by atoms with E-state index in [9.17, 15) is 0 Å². The first kappa shape index (κ1) is 22.8. The van der Waals surface area contributed by atoms with Gasteiger partial charge in [0, 0.05) is 0 Å². The first-order valence-corrected chi connectivity index (χ1v) is 12.4. The molecular weight excluding hydrogens is 426 g/mol. The Labute approximate surface area is 157 Å². The second-order valence-electron chi connectivity index (χ2n) is 6.64. The van der Waals surface area contributed by atoms with Gasteiger partial charge in [-0.05, 0) is 55.2 Å². The first-order valence-electron chi connectivity index (χ1n) is 8.83. The second kappa shape index (κ2) is 13.1. The minimum atomic E-state index is 0. The van der Waals surface area contributed by atoms with Crippen LogP contribution in [0.3, 0.4) is 0 Å². The lowest BCUT2D eigenvalue weighted by Crippen LogP contribution is -2.10. The van der Waals surface area contributed by atoms with Gasteiger partial charge in [0.25, 0.3) is 0 Å². The molecule has 0 N–H and O–H groups in total. The van der Waals surface area contributed by atoms with Crippen molar-refractivity contribution in [3.8, 4) is 0 Å². The van der Waals surface area contributed by atoms with E-state index in [-0.39, 0.29) is 34.0 Å². The molecule has 128 valence electrons. The van der Waals surface area contributed by atoms with Gasteiger partial charge in [-0.3, -0.25) is 0 Å². The van der Waals surface area contributed by atoms with Crippen molar-refractivity contribution in [3.05, 3.63) is 0 Å². The zero-order valence-electron chi connectivity index (χ0n) is 14.1. The lowest BCUT2D eigenvalue weighted by molar-refractivity contribution is 0.874. The van der Waals surface area contributed by atoms with E-state index in [0.717, 1.165) is 0 Å². The fourth-order valence-corrected chi connectivity index (χ4v) is 13.0. The maximum absolute atomic E-state index is 2.42. The van der Waals surface area contributed by atoms with Crippen LogP contribution in [0.5, 0.6) is 0 Å². The average molecular weight is 462 g/mol.